The van der Waals surface area contributed by atoms with Crippen LogP contribution in [0, 0.1) is 12.8 Å². The molecule has 0 aromatic carbocycles. The molecular weight excluding hydrogens is 220 g/mol. The van der Waals surface area contributed by atoms with E-state index >= 15 is 0 Å². The van der Waals surface area contributed by atoms with E-state index in [4.69, 9.17) is 11.6 Å². The minimum Gasteiger partial charge on any atom is -0.261 e. The Morgan fingerprint density at radius 2 is 2.06 bits per heavy atom. The zero-order valence-electron chi connectivity index (χ0n) is 10.2. The Bertz CT molecular complexity index is 420. The van der Waals surface area contributed by atoms with Gasteiger partial charge in [-0.15, -0.1) is 0 Å². The van der Waals surface area contributed by atoms with E-state index in [1.165, 1.54) is 0 Å². The first-order valence-corrected chi connectivity index (χ1v) is 5.74. The van der Waals surface area contributed by atoms with E-state index in [0.717, 1.165) is 22.0 Å². The highest BCUT2D eigenvalue weighted by Crippen LogP contribution is 2.21. The third kappa shape index (κ3) is 3.46. The fourth-order valence-corrected chi connectivity index (χ4v) is 1.34. The number of nitrogens with zero attached hydrogens (tertiary/aromatic N) is 2. The van der Waals surface area contributed by atoms with Gasteiger partial charge in [-0.3, -0.25) is 4.98 Å². The summed E-state index contributed by atoms with van der Waals surface area (Å²) in [5, 5.41) is 0.830. The van der Waals surface area contributed by atoms with Crippen LogP contribution in [-0.2, 0) is 0 Å². The molecule has 1 aromatic rings. The van der Waals surface area contributed by atoms with Gasteiger partial charge in [0.1, 0.15) is 0 Å². The lowest BCUT2D eigenvalue weighted by molar-refractivity contribution is 0.813. The number of halogens is 1. The second kappa shape index (κ2) is 5.80. The first-order valence-electron chi connectivity index (χ1n) is 5.37. The molecule has 0 fully saturated rings. The summed E-state index contributed by atoms with van der Waals surface area (Å²) in [5.74, 6) is 0.328. The Balaban J connectivity index is 3.06. The third-order valence-electron chi connectivity index (χ3n) is 2.21. The van der Waals surface area contributed by atoms with Crippen molar-refractivity contribution < 1.29 is 0 Å². The van der Waals surface area contributed by atoms with E-state index in [1.54, 1.807) is 12.4 Å². The summed E-state index contributed by atoms with van der Waals surface area (Å²) in [7, 11) is 0. The van der Waals surface area contributed by atoms with Gasteiger partial charge in [0.05, 0.1) is 17.6 Å². The first-order chi connectivity index (χ1) is 7.54. The molecule has 1 aromatic heterocycles. The zero-order chi connectivity index (χ0) is 12.1. The Labute approximate surface area is 102 Å². The Morgan fingerprint density at radius 1 is 1.38 bits per heavy atom. The van der Waals surface area contributed by atoms with Crippen LogP contribution in [0.2, 0.25) is 0 Å². The summed E-state index contributed by atoms with van der Waals surface area (Å²) in [6.07, 6.45) is 7.44. The second-order valence-corrected chi connectivity index (χ2v) is 4.41. The molecular formula is C13H17ClN2. The number of aromatic nitrogens is 2. The Hall–Kier alpha value is -1.15. The maximum Gasteiger partial charge on any atom is 0.0885 e. The standard InChI is InChI=1S/C13H17ClN2/c1-5-11(6-12(14)9(2)3)13-8-15-7-10(4)16-13/h5-9H,1-4H3. The Morgan fingerprint density at radius 3 is 2.56 bits per heavy atom. The van der Waals surface area contributed by atoms with Crippen LogP contribution in [-0.4, -0.2) is 9.97 Å². The smallest absolute Gasteiger partial charge is 0.0885 e. The van der Waals surface area contributed by atoms with Crippen molar-refractivity contribution in [2.45, 2.75) is 27.7 Å². The number of rotatable bonds is 3. The maximum atomic E-state index is 6.15. The summed E-state index contributed by atoms with van der Waals surface area (Å²) in [6, 6.07) is 0. The molecule has 2 nitrogen and oxygen atoms in total. The van der Waals surface area contributed by atoms with E-state index in [1.807, 2.05) is 26.0 Å². The summed E-state index contributed by atoms with van der Waals surface area (Å²) in [5.41, 5.74) is 2.78. The van der Waals surface area contributed by atoms with Gasteiger partial charge >= 0.3 is 0 Å². The van der Waals surface area contributed by atoms with Gasteiger partial charge in [-0.2, -0.15) is 0 Å². The highest BCUT2D eigenvalue weighted by atomic mass is 35.5. The highest BCUT2D eigenvalue weighted by molar-refractivity contribution is 6.30. The first kappa shape index (κ1) is 12.9. The minimum atomic E-state index is 0.328. The summed E-state index contributed by atoms with van der Waals surface area (Å²) < 4.78 is 0. The predicted molar refractivity (Wildman–Crippen MR) is 69.2 cm³/mol. The van der Waals surface area contributed by atoms with Crippen LogP contribution < -0.4 is 0 Å². The van der Waals surface area contributed by atoms with Gasteiger partial charge in [-0.1, -0.05) is 31.5 Å². The fourth-order valence-electron chi connectivity index (χ4n) is 1.22. The van der Waals surface area contributed by atoms with Gasteiger partial charge in [0.15, 0.2) is 0 Å². The van der Waals surface area contributed by atoms with Crippen molar-refractivity contribution >= 4 is 17.2 Å². The monoisotopic (exact) mass is 236 g/mol. The number of hydrogen-bond acceptors (Lipinski definition) is 2. The SMILES string of the molecule is CC=C(C=C(Cl)C(C)C)c1cncc(C)n1. The van der Waals surface area contributed by atoms with Crippen LogP contribution in [0.4, 0.5) is 0 Å². The third-order valence-corrected chi connectivity index (χ3v) is 2.75. The molecule has 0 bridgehead atoms. The Kier molecular flexibility index (Phi) is 4.69. The van der Waals surface area contributed by atoms with E-state index in [2.05, 4.69) is 23.8 Å². The molecule has 0 amide bonds. The van der Waals surface area contributed by atoms with Gasteiger partial charge in [0.2, 0.25) is 0 Å². The van der Waals surface area contributed by atoms with Crippen molar-refractivity contribution in [2.24, 2.45) is 5.92 Å². The molecule has 1 heterocycles. The molecule has 0 atom stereocenters. The molecule has 1 rings (SSSR count). The van der Waals surface area contributed by atoms with Crippen LogP contribution in [0.15, 0.2) is 29.6 Å². The molecule has 16 heavy (non-hydrogen) atoms. The molecule has 0 aliphatic carbocycles. The molecule has 0 N–H and O–H groups in total. The highest BCUT2D eigenvalue weighted by Gasteiger charge is 2.04. The number of hydrogen-bond donors (Lipinski definition) is 0. The molecule has 0 radical (unpaired) electrons. The quantitative estimate of drug-likeness (QED) is 0.743. The molecule has 0 aliphatic rings. The topological polar surface area (TPSA) is 25.8 Å². The molecule has 0 unspecified atom stereocenters. The summed E-state index contributed by atoms with van der Waals surface area (Å²) in [6.45, 7) is 8.03. The van der Waals surface area contributed by atoms with E-state index < -0.39 is 0 Å². The number of aryl methyl sites for hydroxylation is 1. The van der Waals surface area contributed by atoms with Crippen molar-refractivity contribution in [1.29, 1.82) is 0 Å². The molecule has 0 saturated heterocycles. The average Bonchev–Trinajstić information content (AvgIpc) is 2.25. The van der Waals surface area contributed by atoms with Gasteiger partial charge in [-0.25, -0.2) is 4.98 Å². The number of allylic oxidation sites excluding steroid dienone is 4. The van der Waals surface area contributed by atoms with Gasteiger partial charge in [0, 0.05) is 11.2 Å². The minimum absolute atomic E-state index is 0.328. The van der Waals surface area contributed by atoms with Gasteiger partial charge in [0.25, 0.3) is 0 Å². The van der Waals surface area contributed by atoms with Crippen LogP contribution >= 0.6 is 11.6 Å². The molecule has 86 valence electrons. The van der Waals surface area contributed by atoms with Crippen molar-refractivity contribution in [3.63, 3.8) is 0 Å². The lowest BCUT2D eigenvalue weighted by Crippen LogP contribution is -1.93. The van der Waals surface area contributed by atoms with Crippen molar-refractivity contribution in [1.82, 2.24) is 9.97 Å². The summed E-state index contributed by atoms with van der Waals surface area (Å²) in [4.78, 5) is 8.55. The normalized spacial score (nSPS) is 13.4. The lowest BCUT2D eigenvalue weighted by atomic mass is 10.1. The molecule has 0 spiro atoms. The van der Waals surface area contributed by atoms with Gasteiger partial charge < -0.3 is 0 Å². The molecule has 3 heteroatoms. The van der Waals surface area contributed by atoms with E-state index in [0.29, 0.717) is 5.92 Å². The van der Waals surface area contributed by atoms with E-state index in [9.17, 15) is 0 Å². The van der Waals surface area contributed by atoms with Crippen molar-refractivity contribution in [3.05, 3.63) is 41.0 Å². The van der Waals surface area contributed by atoms with Crippen LogP contribution in [0.5, 0.6) is 0 Å². The van der Waals surface area contributed by atoms with Gasteiger partial charge in [-0.05, 0) is 31.4 Å². The zero-order valence-corrected chi connectivity index (χ0v) is 10.9. The average molecular weight is 237 g/mol. The van der Waals surface area contributed by atoms with Crippen LogP contribution in [0.25, 0.3) is 5.57 Å². The predicted octanol–water partition coefficient (Wildman–Crippen LogP) is 3.97. The molecule has 0 aliphatic heterocycles. The van der Waals surface area contributed by atoms with Crippen LogP contribution in [0.3, 0.4) is 0 Å². The fraction of sp³-hybridized carbons (Fsp3) is 0.385. The van der Waals surface area contributed by atoms with Crippen molar-refractivity contribution in [2.75, 3.05) is 0 Å². The largest absolute Gasteiger partial charge is 0.261 e. The molecule has 0 saturated carbocycles. The van der Waals surface area contributed by atoms with E-state index in [-0.39, 0.29) is 0 Å². The van der Waals surface area contributed by atoms with Crippen LogP contribution in [0.1, 0.15) is 32.2 Å². The second-order valence-electron chi connectivity index (χ2n) is 3.97. The lowest BCUT2D eigenvalue weighted by Gasteiger charge is -2.06. The summed E-state index contributed by atoms with van der Waals surface area (Å²) >= 11 is 6.15. The van der Waals surface area contributed by atoms with Crippen molar-refractivity contribution in [3.8, 4) is 0 Å². The maximum absolute atomic E-state index is 6.15.